The molecule has 0 saturated carbocycles. The summed E-state index contributed by atoms with van der Waals surface area (Å²) in [6, 6.07) is 3.27. The highest BCUT2D eigenvalue weighted by atomic mass is 32.2. The molecule has 30 heavy (non-hydrogen) atoms. The molecular weight excluding hydrogens is 406 g/mol. The normalized spacial score (nSPS) is 18.3. The predicted octanol–water partition coefficient (Wildman–Crippen LogP) is 1.90. The molecule has 8 nitrogen and oxygen atoms in total. The molecule has 0 bridgehead atoms. The highest BCUT2D eigenvalue weighted by molar-refractivity contribution is 7.91. The van der Waals surface area contributed by atoms with Crippen LogP contribution in [0.1, 0.15) is 43.6 Å². The Morgan fingerprint density at radius 3 is 2.67 bits per heavy atom. The van der Waals surface area contributed by atoms with Crippen molar-refractivity contribution in [3.63, 3.8) is 0 Å². The second-order valence-electron chi connectivity index (χ2n) is 8.07. The van der Waals surface area contributed by atoms with Crippen LogP contribution >= 0.6 is 0 Å². The zero-order chi connectivity index (χ0) is 22.5. The van der Waals surface area contributed by atoms with Gasteiger partial charge in [0.1, 0.15) is 11.6 Å². The lowest BCUT2D eigenvalue weighted by molar-refractivity contribution is -0.144. The van der Waals surface area contributed by atoms with Crippen LogP contribution in [0.3, 0.4) is 0 Å². The first-order chi connectivity index (χ1) is 14.0. The van der Waals surface area contributed by atoms with Crippen LogP contribution in [-0.2, 0) is 30.7 Å². The lowest BCUT2D eigenvalue weighted by Crippen LogP contribution is -2.38. The Morgan fingerprint density at radius 2 is 2.10 bits per heavy atom. The van der Waals surface area contributed by atoms with Gasteiger partial charge in [0.05, 0.1) is 11.5 Å². The van der Waals surface area contributed by atoms with E-state index in [4.69, 9.17) is 4.74 Å². The number of nitrogens with one attached hydrogen (secondary N) is 1. The number of nitriles is 1. The van der Waals surface area contributed by atoms with Gasteiger partial charge in [-0.25, -0.2) is 13.2 Å². The summed E-state index contributed by atoms with van der Waals surface area (Å²) in [5.41, 5.74) is 2.55. The van der Waals surface area contributed by atoms with Gasteiger partial charge < -0.3 is 14.6 Å². The van der Waals surface area contributed by atoms with E-state index in [1.807, 2.05) is 26.0 Å². The Bertz CT molecular complexity index is 983. The SMILES string of the molecule is Cc1cc(/C=C(\C#N)C(=O)OCC(=O)N[C@H]2CCS(=O)(=O)C2)c(C)n1CCC(C)C. The molecular formula is C21H29N3O5S. The molecule has 164 valence electrons. The smallest absolute Gasteiger partial charge is 0.349 e. The van der Waals surface area contributed by atoms with Gasteiger partial charge in [-0.3, -0.25) is 4.79 Å². The van der Waals surface area contributed by atoms with Gasteiger partial charge in [-0.15, -0.1) is 0 Å². The molecule has 0 aromatic carbocycles. The summed E-state index contributed by atoms with van der Waals surface area (Å²) in [6.45, 7) is 8.50. The molecule has 0 spiro atoms. The van der Waals surface area contributed by atoms with Crippen molar-refractivity contribution < 1.29 is 22.7 Å². The van der Waals surface area contributed by atoms with E-state index in [9.17, 15) is 23.3 Å². The Balaban J connectivity index is 1.99. The molecule has 0 unspecified atom stereocenters. The molecule has 0 radical (unpaired) electrons. The number of carbonyl (C=O) groups is 2. The van der Waals surface area contributed by atoms with E-state index in [-0.39, 0.29) is 17.1 Å². The maximum atomic E-state index is 12.2. The third-order valence-electron chi connectivity index (χ3n) is 5.11. The standard InChI is InChI=1S/C21H29N3O5S/c1-14(2)5-7-24-15(3)9-17(16(24)4)10-18(11-22)21(26)29-12-20(25)23-19-6-8-30(27,28)13-19/h9-10,14,19H,5-8,12-13H2,1-4H3,(H,23,25)/b18-10+/t19-/m0/s1. The lowest BCUT2D eigenvalue weighted by atomic mass is 10.1. The summed E-state index contributed by atoms with van der Waals surface area (Å²) in [5, 5.41) is 11.9. The van der Waals surface area contributed by atoms with Gasteiger partial charge >= 0.3 is 5.97 Å². The predicted molar refractivity (Wildman–Crippen MR) is 113 cm³/mol. The zero-order valence-electron chi connectivity index (χ0n) is 17.9. The number of esters is 1. The van der Waals surface area contributed by atoms with E-state index in [2.05, 4.69) is 23.7 Å². The summed E-state index contributed by atoms with van der Waals surface area (Å²) in [7, 11) is -3.12. The third kappa shape index (κ3) is 6.46. The first-order valence-electron chi connectivity index (χ1n) is 9.98. The van der Waals surface area contributed by atoms with Crippen LogP contribution in [0.4, 0.5) is 0 Å². The fraction of sp³-hybridized carbons (Fsp3) is 0.571. The average Bonchev–Trinajstić information content (AvgIpc) is 3.13. The Hall–Kier alpha value is -2.60. The number of nitrogens with zero attached hydrogens (tertiary/aromatic N) is 2. The van der Waals surface area contributed by atoms with Gasteiger partial charge in [0.25, 0.3) is 5.91 Å². The van der Waals surface area contributed by atoms with E-state index in [1.54, 1.807) is 0 Å². The fourth-order valence-corrected chi connectivity index (χ4v) is 5.06. The number of ether oxygens (including phenoxy) is 1. The van der Waals surface area contributed by atoms with E-state index in [1.165, 1.54) is 6.08 Å². The van der Waals surface area contributed by atoms with Crippen molar-refractivity contribution in [1.29, 1.82) is 5.26 Å². The monoisotopic (exact) mass is 435 g/mol. The van der Waals surface area contributed by atoms with Crippen LogP contribution in [0.15, 0.2) is 11.6 Å². The number of sulfone groups is 1. The molecule has 0 aliphatic carbocycles. The second kappa shape index (κ2) is 9.94. The minimum atomic E-state index is -3.12. The lowest BCUT2D eigenvalue weighted by Gasteiger charge is -2.11. The summed E-state index contributed by atoms with van der Waals surface area (Å²) < 4.78 is 30.0. The molecule has 1 fully saturated rings. The van der Waals surface area contributed by atoms with Crippen LogP contribution in [0.25, 0.3) is 6.08 Å². The first-order valence-corrected chi connectivity index (χ1v) is 11.8. The number of rotatable bonds is 8. The van der Waals surface area contributed by atoms with Crippen molar-refractivity contribution in [1.82, 2.24) is 9.88 Å². The molecule has 1 aliphatic heterocycles. The van der Waals surface area contributed by atoms with Crippen LogP contribution in [0.5, 0.6) is 0 Å². The van der Waals surface area contributed by atoms with E-state index in [0.717, 1.165) is 29.9 Å². The highest BCUT2D eigenvalue weighted by Gasteiger charge is 2.29. The highest BCUT2D eigenvalue weighted by Crippen LogP contribution is 2.20. The minimum absolute atomic E-state index is 0.0363. The Labute approximate surface area is 177 Å². The molecule has 1 saturated heterocycles. The molecule has 1 aliphatic rings. The fourth-order valence-electron chi connectivity index (χ4n) is 3.38. The summed E-state index contributed by atoms with van der Waals surface area (Å²) in [5.74, 6) is -0.990. The maximum absolute atomic E-state index is 12.2. The van der Waals surface area contributed by atoms with Crippen molar-refractivity contribution in [3.8, 4) is 6.07 Å². The Kier molecular flexibility index (Phi) is 7.84. The molecule has 1 amide bonds. The van der Waals surface area contributed by atoms with Gasteiger partial charge in [-0.05, 0) is 50.3 Å². The number of aryl methyl sites for hydroxylation is 1. The van der Waals surface area contributed by atoms with Gasteiger partial charge in [-0.1, -0.05) is 13.8 Å². The number of carbonyl (C=O) groups excluding carboxylic acids is 2. The van der Waals surface area contributed by atoms with Crippen molar-refractivity contribution in [2.24, 2.45) is 5.92 Å². The molecule has 1 N–H and O–H groups in total. The summed E-state index contributed by atoms with van der Waals surface area (Å²) >= 11 is 0. The largest absolute Gasteiger partial charge is 0.451 e. The third-order valence-corrected chi connectivity index (χ3v) is 6.88. The molecule has 1 aromatic rings. The van der Waals surface area contributed by atoms with Crippen molar-refractivity contribution in [3.05, 3.63) is 28.6 Å². The van der Waals surface area contributed by atoms with Gasteiger partial charge in [0, 0.05) is 24.0 Å². The Morgan fingerprint density at radius 1 is 1.40 bits per heavy atom. The minimum Gasteiger partial charge on any atom is -0.451 e. The van der Waals surface area contributed by atoms with Crippen LogP contribution in [-0.4, -0.2) is 49.0 Å². The van der Waals surface area contributed by atoms with E-state index in [0.29, 0.717) is 12.3 Å². The molecule has 1 aromatic heterocycles. The molecule has 2 heterocycles. The number of amides is 1. The topological polar surface area (TPSA) is 118 Å². The first kappa shape index (κ1) is 23.7. The zero-order valence-corrected chi connectivity index (χ0v) is 18.7. The van der Waals surface area contributed by atoms with Crippen LogP contribution < -0.4 is 5.32 Å². The van der Waals surface area contributed by atoms with Gasteiger partial charge in [-0.2, -0.15) is 5.26 Å². The van der Waals surface area contributed by atoms with Crippen LogP contribution in [0, 0.1) is 31.1 Å². The molecule has 9 heteroatoms. The molecule has 2 rings (SSSR count). The van der Waals surface area contributed by atoms with Gasteiger partial charge in [0.15, 0.2) is 16.4 Å². The van der Waals surface area contributed by atoms with Crippen LogP contribution in [0.2, 0.25) is 0 Å². The quantitative estimate of drug-likeness (QED) is 0.378. The van der Waals surface area contributed by atoms with E-state index < -0.39 is 34.4 Å². The van der Waals surface area contributed by atoms with Crippen molar-refractivity contribution in [2.45, 2.75) is 53.1 Å². The summed E-state index contributed by atoms with van der Waals surface area (Å²) in [4.78, 5) is 24.2. The van der Waals surface area contributed by atoms with Crippen molar-refractivity contribution in [2.75, 3.05) is 18.1 Å². The second-order valence-corrected chi connectivity index (χ2v) is 10.3. The molecule has 1 atom stereocenters. The average molecular weight is 436 g/mol. The maximum Gasteiger partial charge on any atom is 0.349 e. The number of aromatic nitrogens is 1. The summed E-state index contributed by atoms with van der Waals surface area (Å²) in [6.07, 6.45) is 2.83. The van der Waals surface area contributed by atoms with Gasteiger partial charge in [0.2, 0.25) is 0 Å². The van der Waals surface area contributed by atoms with Crippen molar-refractivity contribution >= 4 is 27.8 Å². The number of hydrogen-bond acceptors (Lipinski definition) is 6. The number of hydrogen-bond donors (Lipinski definition) is 1. The van der Waals surface area contributed by atoms with E-state index >= 15 is 0 Å².